The van der Waals surface area contributed by atoms with Gasteiger partial charge in [-0.15, -0.1) is 0 Å². The highest BCUT2D eigenvalue weighted by Crippen LogP contribution is 2.31. The smallest absolute Gasteiger partial charge is 0.257 e. The topological polar surface area (TPSA) is 87.0 Å². The lowest BCUT2D eigenvalue weighted by atomic mass is 10.2. The average molecular weight is 363 g/mol. The van der Waals surface area contributed by atoms with E-state index in [1.807, 2.05) is 0 Å². The van der Waals surface area contributed by atoms with Crippen LogP contribution in [0.15, 0.2) is 30.5 Å². The van der Waals surface area contributed by atoms with Crippen LogP contribution in [-0.2, 0) is 17.8 Å². The van der Waals surface area contributed by atoms with Crippen molar-refractivity contribution in [1.82, 2.24) is 14.8 Å². The summed E-state index contributed by atoms with van der Waals surface area (Å²) in [6, 6.07) is 5.76. The Kier molecular flexibility index (Phi) is 5.75. The molecular weight excluding hydrogens is 341 g/mol. The number of carbonyl (C=O) groups excluding carboxylic acids is 1. The monoisotopic (exact) mass is 363 g/mol. The number of nitrogens with one attached hydrogen (secondary N) is 1. The number of ether oxygens (including phenoxy) is 1. The molecule has 0 radical (unpaired) electrons. The fourth-order valence-corrected chi connectivity index (χ4v) is 2.82. The lowest BCUT2D eigenvalue weighted by Crippen LogP contribution is -2.38. The van der Waals surface area contributed by atoms with Crippen molar-refractivity contribution >= 4 is 5.91 Å². The molecule has 2 heterocycles. The summed E-state index contributed by atoms with van der Waals surface area (Å²) in [6.07, 6.45) is 1.44. The SMILES string of the molecule is O=C(NCc1ccc(F)cc1)c1cn(CCN2CCOCC2)c(O)c1O. The molecule has 3 N–H and O–H groups in total. The Bertz CT molecular complexity index is 755. The molecule has 1 aliphatic rings. The fourth-order valence-electron chi connectivity index (χ4n) is 2.82. The standard InChI is InChI=1S/C18H22FN3O4/c19-14-3-1-13(2-4-14)11-20-17(24)15-12-22(18(25)16(15)23)6-5-21-7-9-26-10-8-21/h1-4,12,23,25H,5-11H2,(H,20,24). The van der Waals surface area contributed by atoms with Gasteiger partial charge in [0.2, 0.25) is 5.88 Å². The van der Waals surface area contributed by atoms with Gasteiger partial charge >= 0.3 is 0 Å². The van der Waals surface area contributed by atoms with E-state index in [1.165, 1.54) is 22.9 Å². The summed E-state index contributed by atoms with van der Waals surface area (Å²) in [7, 11) is 0. The zero-order valence-corrected chi connectivity index (χ0v) is 14.3. The second-order valence-electron chi connectivity index (χ2n) is 6.17. The van der Waals surface area contributed by atoms with Crippen molar-refractivity contribution in [3.63, 3.8) is 0 Å². The zero-order valence-electron chi connectivity index (χ0n) is 14.3. The minimum Gasteiger partial charge on any atom is -0.503 e. The zero-order chi connectivity index (χ0) is 18.5. The van der Waals surface area contributed by atoms with Crippen LogP contribution in [0.5, 0.6) is 11.6 Å². The minimum atomic E-state index is -0.507. The first kappa shape index (κ1) is 18.2. The quantitative estimate of drug-likeness (QED) is 0.720. The molecule has 1 fully saturated rings. The Hall–Kier alpha value is -2.58. The third-order valence-electron chi connectivity index (χ3n) is 4.40. The molecule has 26 heavy (non-hydrogen) atoms. The van der Waals surface area contributed by atoms with Gasteiger partial charge in [-0.25, -0.2) is 4.39 Å². The van der Waals surface area contributed by atoms with Crippen LogP contribution >= 0.6 is 0 Å². The van der Waals surface area contributed by atoms with E-state index >= 15 is 0 Å². The number of rotatable bonds is 6. The van der Waals surface area contributed by atoms with Crippen molar-refractivity contribution in [3.05, 3.63) is 47.4 Å². The molecule has 2 aromatic rings. The number of aromatic hydroxyl groups is 2. The molecule has 0 spiro atoms. The van der Waals surface area contributed by atoms with Crippen LogP contribution in [-0.4, -0.2) is 58.4 Å². The van der Waals surface area contributed by atoms with Crippen LogP contribution < -0.4 is 5.32 Å². The van der Waals surface area contributed by atoms with Crippen LogP contribution in [0, 0.1) is 5.82 Å². The van der Waals surface area contributed by atoms with Gasteiger partial charge < -0.3 is 24.8 Å². The van der Waals surface area contributed by atoms with Gasteiger partial charge in [0.15, 0.2) is 5.75 Å². The molecule has 1 aromatic heterocycles. The Morgan fingerprint density at radius 1 is 1.15 bits per heavy atom. The van der Waals surface area contributed by atoms with Crippen LogP contribution in [0.2, 0.25) is 0 Å². The van der Waals surface area contributed by atoms with Gasteiger partial charge in [-0.1, -0.05) is 12.1 Å². The van der Waals surface area contributed by atoms with Crippen LogP contribution in [0.25, 0.3) is 0 Å². The second kappa shape index (κ2) is 8.20. The Morgan fingerprint density at radius 3 is 2.54 bits per heavy atom. The van der Waals surface area contributed by atoms with Gasteiger partial charge in [0.05, 0.1) is 13.2 Å². The summed E-state index contributed by atoms with van der Waals surface area (Å²) in [4.78, 5) is 14.5. The van der Waals surface area contributed by atoms with E-state index in [1.54, 1.807) is 12.1 Å². The van der Waals surface area contributed by atoms with Crippen LogP contribution in [0.3, 0.4) is 0 Å². The maximum Gasteiger partial charge on any atom is 0.257 e. The lowest BCUT2D eigenvalue weighted by Gasteiger charge is -2.26. The minimum absolute atomic E-state index is 0.00610. The van der Waals surface area contributed by atoms with E-state index in [4.69, 9.17) is 4.74 Å². The fraction of sp³-hybridized carbons (Fsp3) is 0.389. The first-order valence-electron chi connectivity index (χ1n) is 8.48. The van der Waals surface area contributed by atoms with E-state index in [-0.39, 0.29) is 23.8 Å². The largest absolute Gasteiger partial charge is 0.503 e. The van der Waals surface area contributed by atoms with Gasteiger partial charge in [-0.3, -0.25) is 9.69 Å². The van der Waals surface area contributed by atoms with Gasteiger partial charge in [-0.2, -0.15) is 0 Å². The van der Waals surface area contributed by atoms with E-state index in [0.717, 1.165) is 18.7 Å². The number of hydrogen-bond donors (Lipinski definition) is 3. The van der Waals surface area contributed by atoms with Crippen molar-refractivity contribution in [3.8, 4) is 11.6 Å². The Morgan fingerprint density at radius 2 is 1.85 bits per heavy atom. The first-order valence-corrected chi connectivity index (χ1v) is 8.48. The number of hydrogen-bond acceptors (Lipinski definition) is 5. The first-order chi connectivity index (χ1) is 12.5. The molecule has 1 aromatic carbocycles. The number of morpholine rings is 1. The normalized spacial score (nSPS) is 15.1. The maximum atomic E-state index is 12.9. The highest BCUT2D eigenvalue weighted by molar-refractivity contribution is 5.97. The van der Waals surface area contributed by atoms with Crippen molar-refractivity contribution in [2.75, 3.05) is 32.8 Å². The molecule has 0 atom stereocenters. The number of aromatic nitrogens is 1. The van der Waals surface area contributed by atoms with Crippen LogP contribution in [0.1, 0.15) is 15.9 Å². The molecule has 1 saturated heterocycles. The number of benzene rings is 1. The van der Waals surface area contributed by atoms with E-state index in [0.29, 0.717) is 26.3 Å². The molecule has 0 aliphatic carbocycles. The third kappa shape index (κ3) is 4.33. The van der Waals surface area contributed by atoms with Gasteiger partial charge in [0.1, 0.15) is 11.4 Å². The van der Waals surface area contributed by atoms with E-state index in [2.05, 4.69) is 10.2 Å². The van der Waals surface area contributed by atoms with E-state index < -0.39 is 11.7 Å². The summed E-state index contributed by atoms with van der Waals surface area (Å²) < 4.78 is 19.6. The lowest BCUT2D eigenvalue weighted by molar-refractivity contribution is 0.0361. The number of halogens is 1. The van der Waals surface area contributed by atoms with Gasteiger partial charge in [-0.05, 0) is 17.7 Å². The molecule has 140 valence electrons. The predicted octanol–water partition coefficient (Wildman–Crippen LogP) is 1.30. The highest BCUT2D eigenvalue weighted by Gasteiger charge is 2.20. The molecule has 3 rings (SSSR count). The van der Waals surface area contributed by atoms with Crippen molar-refractivity contribution < 1.29 is 24.1 Å². The van der Waals surface area contributed by atoms with Crippen molar-refractivity contribution in [1.29, 1.82) is 0 Å². The summed E-state index contributed by atoms with van der Waals surface area (Å²) >= 11 is 0. The molecule has 0 bridgehead atoms. The summed E-state index contributed by atoms with van der Waals surface area (Å²) in [5.41, 5.74) is 0.738. The summed E-state index contributed by atoms with van der Waals surface area (Å²) in [6.45, 7) is 4.32. The molecule has 7 nitrogen and oxygen atoms in total. The maximum absolute atomic E-state index is 12.9. The average Bonchev–Trinajstić information content (AvgIpc) is 2.95. The molecule has 1 aliphatic heterocycles. The van der Waals surface area contributed by atoms with Gasteiger partial charge in [0.25, 0.3) is 5.91 Å². The highest BCUT2D eigenvalue weighted by atomic mass is 19.1. The third-order valence-corrected chi connectivity index (χ3v) is 4.40. The Balaban J connectivity index is 1.60. The number of carbonyl (C=O) groups is 1. The number of amides is 1. The second-order valence-corrected chi connectivity index (χ2v) is 6.17. The summed E-state index contributed by atoms with van der Waals surface area (Å²) in [5.74, 6) is -1.62. The van der Waals surface area contributed by atoms with Crippen molar-refractivity contribution in [2.24, 2.45) is 0 Å². The molecule has 0 unspecified atom stereocenters. The number of nitrogens with zero attached hydrogens (tertiary/aromatic N) is 2. The predicted molar refractivity (Wildman–Crippen MR) is 92.6 cm³/mol. The summed E-state index contributed by atoms with van der Waals surface area (Å²) in [5, 5.41) is 22.8. The van der Waals surface area contributed by atoms with E-state index in [9.17, 15) is 19.4 Å². The van der Waals surface area contributed by atoms with Crippen LogP contribution in [0.4, 0.5) is 4.39 Å². The van der Waals surface area contributed by atoms with Crippen molar-refractivity contribution in [2.45, 2.75) is 13.1 Å². The van der Waals surface area contributed by atoms with Gasteiger partial charge in [0, 0.05) is 38.9 Å². The molecule has 1 amide bonds. The molecule has 0 saturated carbocycles. The molecular formula is C18H22FN3O4. The Labute approximate surface area is 150 Å². The molecule has 8 heteroatoms.